The number of nitrogens with zero attached hydrogens (tertiary/aromatic N) is 5. The molecule has 0 unspecified atom stereocenters. The molecule has 4 aromatic rings. The number of carbonyl (C=O) groups excluding carboxylic acids is 1. The first-order valence-electron chi connectivity index (χ1n) is 9.07. The summed E-state index contributed by atoms with van der Waals surface area (Å²) in [6.07, 6.45) is 6.44. The van der Waals surface area contributed by atoms with E-state index in [0.717, 1.165) is 26.9 Å². The molecular formula is C21H18ClN5O2S. The van der Waals surface area contributed by atoms with E-state index >= 15 is 0 Å². The smallest absolute Gasteiger partial charge is 0.264 e. The molecule has 0 N–H and O–H groups in total. The van der Waals surface area contributed by atoms with Crippen LogP contribution in [0.15, 0.2) is 43.1 Å². The molecule has 4 rings (SSSR count). The number of hydrogen-bond donors (Lipinski definition) is 0. The Morgan fingerprint density at radius 1 is 1.23 bits per heavy atom. The SMILES string of the molecule is COc1cc(CN(C)C(=O)c2sc3ncnc(-c4cncc(Cl)c4)c3c2C)ccn1. The Kier molecular flexibility index (Phi) is 5.61. The largest absolute Gasteiger partial charge is 0.481 e. The molecule has 9 heteroatoms. The Balaban J connectivity index is 1.70. The van der Waals surface area contributed by atoms with Crippen LogP contribution in [0.4, 0.5) is 0 Å². The number of pyridine rings is 2. The van der Waals surface area contributed by atoms with Crippen LogP contribution in [0.3, 0.4) is 0 Å². The third-order valence-electron chi connectivity index (χ3n) is 4.67. The molecule has 0 aliphatic heterocycles. The minimum atomic E-state index is -0.0820. The summed E-state index contributed by atoms with van der Waals surface area (Å²) in [4.78, 5) is 33.3. The molecule has 0 radical (unpaired) electrons. The topological polar surface area (TPSA) is 81.1 Å². The van der Waals surface area contributed by atoms with Crippen LogP contribution in [-0.2, 0) is 6.54 Å². The van der Waals surface area contributed by atoms with Gasteiger partial charge in [0.25, 0.3) is 5.91 Å². The minimum Gasteiger partial charge on any atom is -0.481 e. The van der Waals surface area contributed by atoms with Gasteiger partial charge in [0.15, 0.2) is 0 Å². The number of fused-ring (bicyclic) bond motifs is 1. The molecular weight excluding hydrogens is 422 g/mol. The van der Waals surface area contributed by atoms with E-state index in [2.05, 4.69) is 19.9 Å². The number of ether oxygens (including phenoxy) is 1. The van der Waals surface area contributed by atoms with Crippen LogP contribution in [0.2, 0.25) is 5.02 Å². The highest BCUT2D eigenvalue weighted by atomic mass is 35.5. The van der Waals surface area contributed by atoms with Gasteiger partial charge in [0.1, 0.15) is 11.2 Å². The molecule has 0 saturated carbocycles. The maximum absolute atomic E-state index is 13.2. The number of thiophene rings is 1. The van der Waals surface area contributed by atoms with Crippen molar-refractivity contribution in [3.63, 3.8) is 0 Å². The standard InChI is InChI=1S/C21H18ClN5O2S/c1-12-17-18(14-7-15(22)9-23-8-14)25-11-26-20(17)30-19(12)21(28)27(2)10-13-4-5-24-16(6-13)29-3/h4-9,11H,10H2,1-3H3. The number of hydrogen-bond acceptors (Lipinski definition) is 7. The molecule has 0 aliphatic carbocycles. The molecule has 0 saturated heterocycles. The normalized spacial score (nSPS) is 10.9. The lowest BCUT2D eigenvalue weighted by molar-refractivity contribution is 0.0789. The summed E-state index contributed by atoms with van der Waals surface area (Å²) in [5.74, 6) is 0.433. The fraction of sp³-hybridized carbons (Fsp3) is 0.190. The summed E-state index contributed by atoms with van der Waals surface area (Å²) in [5, 5.41) is 1.37. The van der Waals surface area contributed by atoms with Gasteiger partial charge < -0.3 is 9.64 Å². The number of aryl methyl sites for hydroxylation is 1. The van der Waals surface area contributed by atoms with Crippen LogP contribution in [0.25, 0.3) is 21.5 Å². The average Bonchev–Trinajstić information content (AvgIpc) is 3.10. The van der Waals surface area contributed by atoms with E-state index in [1.807, 2.05) is 19.1 Å². The van der Waals surface area contributed by atoms with Crippen LogP contribution >= 0.6 is 22.9 Å². The number of aromatic nitrogens is 4. The Bertz CT molecular complexity index is 1240. The third-order valence-corrected chi connectivity index (χ3v) is 6.07. The van der Waals surface area contributed by atoms with Gasteiger partial charge in [0.2, 0.25) is 5.88 Å². The Hall–Kier alpha value is -3.10. The van der Waals surface area contributed by atoms with E-state index in [1.165, 1.54) is 17.7 Å². The van der Waals surface area contributed by atoms with Crippen molar-refractivity contribution in [2.24, 2.45) is 0 Å². The van der Waals surface area contributed by atoms with E-state index in [4.69, 9.17) is 16.3 Å². The molecule has 1 amide bonds. The molecule has 0 bridgehead atoms. The molecule has 0 atom stereocenters. The predicted octanol–water partition coefficient (Wildman–Crippen LogP) is 4.39. The summed E-state index contributed by atoms with van der Waals surface area (Å²) in [7, 11) is 3.34. The number of rotatable bonds is 5. The van der Waals surface area contributed by atoms with E-state index in [9.17, 15) is 4.79 Å². The van der Waals surface area contributed by atoms with Gasteiger partial charge in [-0.3, -0.25) is 9.78 Å². The fourth-order valence-corrected chi connectivity index (χ4v) is 4.53. The van der Waals surface area contributed by atoms with Gasteiger partial charge in [-0.15, -0.1) is 11.3 Å². The van der Waals surface area contributed by atoms with Crippen molar-refractivity contribution >= 4 is 39.1 Å². The van der Waals surface area contributed by atoms with Crippen molar-refractivity contribution in [3.05, 3.63) is 64.1 Å². The van der Waals surface area contributed by atoms with Crippen LogP contribution < -0.4 is 4.74 Å². The van der Waals surface area contributed by atoms with Gasteiger partial charge in [0, 0.05) is 49.2 Å². The molecule has 0 spiro atoms. The molecule has 30 heavy (non-hydrogen) atoms. The van der Waals surface area contributed by atoms with Crippen molar-refractivity contribution in [2.45, 2.75) is 13.5 Å². The molecule has 152 valence electrons. The second-order valence-electron chi connectivity index (χ2n) is 6.72. The van der Waals surface area contributed by atoms with E-state index in [1.54, 1.807) is 43.7 Å². The maximum Gasteiger partial charge on any atom is 0.264 e. The Labute approximate surface area is 182 Å². The lowest BCUT2D eigenvalue weighted by Crippen LogP contribution is -2.26. The Morgan fingerprint density at radius 2 is 2.07 bits per heavy atom. The van der Waals surface area contributed by atoms with Crippen molar-refractivity contribution < 1.29 is 9.53 Å². The van der Waals surface area contributed by atoms with Crippen molar-refractivity contribution in [3.8, 4) is 17.1 Å². The lowest BCUT2D eigenvalue weighted by atomic mass is 10.1. The fourth-order valence-electron chi connectivity index (χ4n) is 3.22. The van der Waals surface area contributed by atoms with Gasteiger partial charge >= 0.3 is 0 Å². The minimum absolute atomic E-state index is 0.0820. The second-order valence-corrected chi connectivity index (χ2v) is 8.15. The van der Waals surface area contributed by atoms with Gasteiger partial charge in [-0.2, -0.15) is 0 Å². The zero-order valence-corrected chi connectivity index (χ0v) is 18.2. The summed E-state index contributed by atoms with van der Waals surface area (Å²) in [6, 6.07) is 5.48. The monoisotopic (exact) mass is 439 g/mol. The van der Waals surface area contributed by atoms with E-state index in [0.29, 0.717) is 28.0 Å². The average molecular weight is 440 g/mol. The highest BCUT2D eigenvalue weighted by molar-refractivity contribution is 7.20. The number of amides is 1. The highest BCUT2D eigenvalue weighted by Crippen LogP contribution is 2.36. The summed E-state index contributed by atoms with van der Waals surface area (Å²) < 4.78 is 5.16. The van der Waals surface area contributed by atoms with E-state index in [-0.39, 0.29) is 5.91 Å². The quantitative estimate of drug-likeness (QED) is 0.458. The molecule has 0 fully saturated rings. The third kappa shape index (κ3) is 3.83. The van der Waals surface area contributed by atoms with Crippen molar-refractivity contribution in [1.82, 2.24) is 24.8 Å². The summed E-state index contributed by atoms with van der Waals surface area (Å²) >= 11 is 7.46. The Morgan fingerprint density at radius 3 is 2.83 bits per heavy atom. The summed E-state index contributed by atoms with van der Waals surface area (Å²) in [6.45, 7) is 2.35. The molecule has 0 aliphatic rings. The van der Waals surface area contributed by atoms with Gasteiger partial charge in [-0.1, -0.05) is 11.6 Å². The van der Waals surface area contributed by atoms with Gasteiger partial charge in [-0.05, 0) is 30.2 Å². The molecule has 0 aromatic carbocycles. The molecule has 7 nitrogen and oxygen atoms in total. The lowest BCUT2D eigenvalue weighted by Gasteiger charge is -2.17. The van der Waals surface area contributed by atoms with Crippen molar-refractivity contribution in [2.75, 3.05) is 14.2 Å². The predicted molar refractivity (Wildman–Crippen MR) is 117 cm³/mol. The summed E-state index contributed by atoms with van der Waals surface area (Å²) in [5.41, 5.74) is 3.27. The van der Waals surface area contributed by atoms with Crippen molar-refractivity contribution in [1.29, 1.82) is 0 Å². The zero-order valence-electron chi connectivity index (χ0n) is 16.6. The first kappa shape index (κ1) is 20.2. The van der Waals surface area contributed by atoms with Gasteiger partial charge in [0.05, 0.1) is 22.7 Å². The number of carbonyl (C=O) groups is 1. The van der Waals surface area contributed by atoms with Crippen LogP contribution in [-0.4, -0.2) is 44.9 Å². The highest BCUT2D eigenvalue weighted by Gasteiger charge is 2.22. The van der Waals surface area contributed by atoms with Gasteiger partial charge in [-0.25, -0.2) is 15.0 Å². The molecule has 4 heterocycles. The maximum atomic E-state index is 13.2. The van der Waals surface area contributed by atoms with Crippen LogP contribution in [0.5, 0.6) is 5.88 Å². The first-order chi connectivity index (χ1) is 14.5. The first-order valence-corrected chi connectivity index (χ1v) is 10.3. The van der Waals surface area contributed by atoms with E-state index < -0.39 is 0 Å². The zero-order chi connectivity index (χ0) is 21.3. The number of halogens is 1. The number of methoxy groups -OCH3 is 1. The van der Waals surface area contributed by atoms with Crippen LogP contribution in [0.1, 0.15) is 20.8 Å². The van der Waals surface area contributed by atoms with Crippen LogP contribution in [0, 0.1) is 6.92 Å². The second kappa shape index (κ2) is 8.33. The molecule has 4 aromatic heterocycles.